The van der Waals surface area contributed by atoms with Crippen molar-refractivity contribution in [2.75, 3.05) is 32.8 Å². The van der Waals surface area contributed by atoms with E-state index in [4.69, 9.17) is 9.72 Å². The Morgan fingerprint density at radius 3 is 2.26 bits per heavy atom. The van der Waals surface area contributed by atoms with Crippen LogP contribution in [-0.4, -0.2) is 69.4 Å². The molecule has 3 heterocycles. The number of rotatable bonds is 5. The number of nitrogens with zero attached hydrogens (tertiary/aromatic N) is 5. The average Bonchev–Trinajstić information content (AvgIpc) is 3.31. The Labute approximate surface area is 203 Å². The van der Waals surface area contributed by atoms with Crippen LogP contribution in [0.5, 0.6) is 0 Å². The van der Waals surface area contributed by atoms with Crippen LogP contribution < -0.4 is 0 Å². The zero-order valence-electron chi connectivity index (χ0n) is 19.6. The van der Waals surface area contributed by atoms with E-state index in [1.807, 2.05) is 71.4 Å². The lowest BCUT2D eigenvalue weighted by Gasteiger charge is -2.34. The minimum absolute atomic E-state index is 0.0858. The summed E-state index contributed by atoms with van der Waals surface area (Å²) in [7, 11) is 0. The monoisotopic (exact) mass is 469 g/mol. The van der Waals surface area contributed by atoms with Crippen LogP contribution in [0.4, 0.5) is 4.79 Å². The Hall–Kier alpha value is -4.20. The van der Waals surface area contributed by atoms with Crippen molar-refractivity contribution in [1.82, 2.24) is 24.6 Å². The van der Waals surface area contributed by atoms with Crippen molar-refractivity contribution < 1.29 is 14.3 Å². The number of hydrogen-bond donors (Lipinski definition) is 0. The highest BCUT2D eigenvalue weighted by Gasteiger charge is 2.27. The Balaban J connectivity index is 1.49. The number of pyridine rings is 1. The standard InChI is InChI=1S/C27H27N5O3/c1-2-35-27(34)31-15-13-30(14-16-31)26(33)22-17-24(21-11-7-4-8-12-21)29-25-23(22)18-28-32(25)19-20-9-5-3-6-10-20/h3-12,17-18H,2,13-16,19H2,1H3. The van der Waals surface area contributed by atoms with E-state index < -0.39 is 0 Å². The van der Waals surface area contributed by atoms with E-state index in [9.17, 15) is 9.59 Å². The first-order chi connectivity index (χ1) is 17.1. The van der Waals surface area contributed by atoms with Gasteiger partial charge in [-0.05, 0) is 18.6 Å². The fraction of sp³-hybridized carbons (Fsp3) is 0.259. The molecule has 1 saturated heterocycles. The van der Waals surface area contributed by atoms with E-state index in [0.29, 0.717) is 50.5 Å². The number of aromatic nitrogens is 3. The molecule has 8 heteroatoms. The molecule has 178 valence electrons. The molecule has 2 aromatic carbocycles. The van der Waals surface area contributed by atoms with Crippen molar-refractivity contribution in [3.63, 3.8) is 0 Å². The maximum atomic E-state index is 13.7. The first kappa shape index (κ1) is 22.6. The van der Waals surface area contributed by atoms with Gasteiger partial charge in [-0.15, -0.1) is 0 Å². The smallest absolute Gasteiger partial charge is 0.409 e. The number of benzene rings is 2. The Bertz CT molecular complexity index is 1330. The van der Waals surface area contributed by atoms with Gasteiger partial charge in [0.05, 0.1) is 36.0 Å². The quantitative estimate of drug-likeness (QED) is 0.440. The molecule has 2 aromatic heterocycles. The maximum Gasteiger partial charge on any atom is 0.409 e. The number of amides is 2. The molecule has 2 amide bonds. The van der Waals surface area contributed by atoms with Gasteiger partial charge in [0.15, 0.2) is 5.65 Å². The highest BCUT2D eigenvalue weighted by atomic mass is 16.6. The van der Waals surface area contributed by atoms with Crippen LogP contribution in [0.15, 0.2) is 72.9 Å². The van der Waals surface area contributed by atoms with Crippen LogP contribution in [0.3, 0.4) is 0 Å². The molecule has 5 rings (SSSR count). The molecular formula is C27H27N5O3. The van der Waals surface area contributed by atoms with Gasteiger partial charge in [-0.1, -0.05) is 60.7 Å². The number of piperazine rings is 1. The molecule has 8 nitrogen and oxygen atoms in total. The summed E-state index contributed by atoms with van der Waals surface area (Å²) in [5, 5.41) is 5.30. The Morgan fingerprint density at radius 2 is 1.57 bits per heavy atom. The molecule has 0 radical (unpaired) electrons. The van der Waals surface area contributed by atoms with Crippen LogP contribution in [0, 0.1) is 0 Å². The van der Waals surface area contributed by atoms with Crippen molar-refractivity contribution >= 4 is 23.0 Å². The number of carbonyl (C=O) groups is 2. The Morgan fingerprint density at radius 1 is 0.914 bits per heavy atom. The second-order valence-corrected chi connectivity index (χ2v) is 8.42. The second kappa shape index (κ2) is 9.97. The van der Waals surface area contributed by atoms with Gasteiger partial charge in [-0.25, -0.2) is 14.5 Å². The van der Waals surface area contributed by atoms with E-state index in [0.717, 1.165) is 22.2 Å². The summed E-state index contributed by atoms with van der Waals surface area (Å²) in [5.74, 6) is -0.0858. The SMILES string of the molecule is CCOC(=O)N1CCN(C(=O)c2cc(-c3ccccc3)nc3c2cnn3Cc2ccccc2)CC1. The third-order valence-corrected chi connectivity index (χ3v) is 6.18. The van der Waals surface area contributed by atoms with E-state index >= 15 is 0 Å². The maximum absolute atomic E-state index is 13.7. The minimum Gasteiger partial charge on any atom is -0.450 e. The van der Waals surface area contributed by atoms with Gasteiger partial charge in [-0.3, -0.25) is 4.79 Å². The van der Waals surface area contributed by atoms with Crippen molar-refractivity contribution in [2.24, 2.45) is 0 Å². The fourth-order valence-electron chi connectivity index (χ4n) is 4.33. The molecule has 4 aromatic rings. The normalized spacial score (nSPS) is 13.7. The van der Waals surface area contributed by atoms with Gasteiger partial charge < -0.3 is 14.5 Å². The molecule has 35 heavy (non-hydrogen) atoms. The third kappa shape index (κ3) is 4.73. The summed E-state index contributed by atoms with van der Waals surface area (Å²) in [5.41, 5.74) is 4.00. The van der Waals surface area contributed by atoms with Gasteiger partial charge in [-0.2, -0.15) is 5.10 Å². The molecule has 1 aliphatic heterocycles. The number of ether oxygens (including phenoxy) is 1. The molecule has 0 bridgehead atoms. The lowest BCUT2D eigenvalue weighted by molar-refractivity contribution is 0.0572. The molecule has 1 fully saturated rings. The van der Waals surface area contributed by atoms with Crippen LogP contribution >= 0.6 is 0 Å². The molecule has 0 N–H and O–H groups in total. The predicted octanol–water partition coefficient (Wildman–Crippen LogP) is 4.06. The van der Waals surface area contributed by atoms with E-state index in [2.05, 4.69) is 5.10 Å². The fourth-order valence-corrected chi connectivity index (χ4v) is 4.33. The first-order valence-electron chi connectivity index (χ1n) is 11.8. The van der Waals surface area contributed by atoms with Crippen molar-refractivity contribution in [2.45, 2.75) is 13.5 Å². The number of hydrogen-bond acceptors (Lipinski definition) is 5. The molecule has 1 aliphatic rings. The van der Waals surface area contributed by atoms with Crippen LogP contribution in [0.25, 0.3) is 22.3 Å². The second-order valence-electron chi connectivity index (χ2n) is 8.42. The van der Waals surface area contributed by atoms with Gasteiger partial charge in [0.2, 0.25) is 0 Å². The van der Waals surface area contributed by atoms with Crippen LogP contribution in [0.1, 0.15) is 22.8 Å². The highest BCUT2D eigenvalue weighted by molar-refractivity contribution is 6.06. The zero-order chi connectivity index (χ0) is 24.2. The molecule has 0 unspecified atom stereocenters. The Kier molecular flexibility index (Phi) is 6.43. The molecule has 0 atom stereocenters. The van der Waals surface area contributed by atoms with Gasteiger partial charge in [0.1, 0.15) is 0 Å². The summed E-state index contributed by atoms with van der Waals surface area (Å²) in [6.45, 7) is 4.45. The van der Waals surface area contributed by atoms with E-state index in [-0.39, 0.29) is 12.0 Å². The van der Waals surface area contributed by atoms with Crippen molar-refractivity contribution in [1.29, 1.82) is 0 Å². The lowest BCUT2D eigenvalue weighted by atomic mass is 10.1. The molecule has 0 saturated carbocycles. The lowest BCUT2D eigenvalue weighted by Crippen LogP contribution is -2.50. The average molecular weight is 470 g/mol. The molecule has 0 spiro atoms. The van der Waals surface area contributed by atoms with Gasteiger partial charge in [0.25, 0.3) is 5.91 Å². The van der Waals surface area contributed by atoms with Crippen molar-refractivity contribution in [3.05, 3.63) is 84.1 Å². The van der Waals surface area contributed by atoms with Crippen LogP contribution in [0.2, 0.25) is 0 Å². The number of carbonyl (C=O) groups excluding carboxylic acids is 2. The number of fused-ring (bicyclic) bond motifs is 1. The third-order valence-electron chi connectivity index (χ3n) is 6.18. The van der Waals surface area contributed by atoms with Crippen molar-refractivity contribution in [3.8, 4) is 11.3 Å². The van der Waals surface area contributed by atoms with Crippen LogP contribution in [-0.2, 0) is 11.3 Å². The largest absolute Gasteiger partial charge is 0.450 e. The minimum atomic E-state index is -0.334. The topological polar surface area (TPSA) is 80.6 Å². The predicted molar refractivity (Wildman–Crippen MR) is 133 cm³/mol. The zero-order valence-corrected chi connectivity index (χ0v) is 19.6. The van der Waals surface area contributed by atoms with E-state index in [1.54, 1.807) is 22.9 Å². The summed E-state index contributed by atoms with van der Waals surface area (Å²) in [6.07, 6.45) is 1.39. The van der Waals surface area contributed by atoms with Gasteiger partial charge in [0, 0.05) is 31.7 Å². The molecule has 0 aliphatic carbocycles. The summed E-state index contributed by atoms with van der Waals surface area (Å²) in [6, 6.07) is 21.8. The highest BCUT2D eigenvalue weighted by Crippen LogP contribution is 2.27. The van der Waals surface area contributed by atoms with Gasteiger partial charge >= 0.3 is 6.09 Å². The summed E-state index contributed by atoms with van der Waals surface area (Å²) >= 11 is 0. The summed E-state index contributed by atoms with van der Waals surface area (Å²) < 4.78 is 6.94. The molecular weight excluding hydrogens is 442 g/mol. The first-order valence-corrected chi connectivity index (χ1v) is 11.8. The summed E-state index contributed by atoms with van der Waals surface area (Å²) in [4.78, 5) is 34.1. The van der Waals surface area contributed by atoms with E-state index in [1.165, 1.54) is 0 Å².